The van der Waals surface area contributed by atoms with Crippen LogP contribution in [0.5, 0.6) is 0 Å². The molecule has 0 bridgehead atoms. The van der Waals surface area contributed by atoms with Crippen molar-refractivity contribution in [3.63, 3.8) is 0 Å². The van der Waals surface area contributed by atoms with Gasteiger partial charge in [0.15, 0.2) is 0 Å². The maximum Gasteiger partial charge on any atom is 0.282 e. The van der Waals surface area contributed by atoms with Gasteiger partial charge < -0.3 is 4.90 Å². The molecule has 2 aromatic heterocycles. The second-order valence-electron chi connectivity index (χ2n) is 5.83. The van der Waals surface area contributed by atoms with E-state index in [4.69, 9.17) is 0 Å². The summed E-state index contributed by atoms with van der Waals surface area (Å²) < 4.78 is 3.86. The molecule has 3 heterocycles. The molecule has 1 fully saturated rings. The Labute approximate surface area is 137 Å². The third-order valence-corrected chi connectivity index (χ3v) is 5.27. The van der Waals surface area contributed by atoms with Gasteiger partial charge in [-0.05, 0) is 42.6 Å². The molecule has 1 aliphatic rings. The summed E-state index contributed by atoms with van der Waals surface area (Å²) in [5.74, 6) is 0. The van der Waals surface area contributed by atoms with Crippen molar-refractivity contribution in [2.24, 2.45) is 14.1 Å². The Morgan fingerprint density at radius 2 is 2.00 bits per heavy atom. The lowest BCUT2D eigenvalue weighted by Gasteiger charge is -2.28. The van der Waals surface area contributed by atoms with Gasteiger partial charge in [-0.1, -0.05) is 0 Å². The fraction of sp³-hybridized carbons (Fsp3) is 0.533. The van der Waals surface area contributed by atoms with E-state index in [0.717, 1.165) is 30.8 Å². The van der Waals surface area contributed by atoms with Crippen LogP contribution in [-0.4, -0.2) is 26.1 Å². The van der Waals surface area contributed by atoms with Gasteiger partial charge in [-0.15, -0.1) is 0 Å². The van der Waals surface area contributed by atoms with Crippen LogP contribution in [0.2, 0.25) is 0 Å². The lowest BCUT2D eigenvalue weighted by atomic mass is 10.0. The van der Waals surface area contributed by atoms with Gasteiger partial charge >= 0.3 is 0 Å². The Morgan fingerprint density at radius 3 is 2.64 bits per heavy atom. The van der Waals surface area contributed by atoms with Gasteiger partial charge in [-0.3, -0.25) is 9.48 Å². The summed E-state index contributed by atoms with van der Waals surface area (Å²) in [5.41, 5.74) is 4.27. The third kappa shape index (κ3) is 2.27. The molecule has 1 atom stereocenters. The van der Waals surface area contributed by atoms with Crippen LogP contribution in [-0.2, 0) is 14.1 Å². The summed E-state index contributed by atoms with van der Waals surface area (Å²) in [4.78, 5) is 14.4. The normalized spacial score (nSPS) is 18.2. The van der Waals surface area contributed by atoms with E-state index >= 15 is 0 Å². The molecule has 0 radical (unpaired) electrons. The fourth-order valence-corrected chi connectivity index (χ4v) is 3.92. The lowest BCUT2D eigenvalue weighted by Crippen LogP contribution is -2.28. The molecule has 3 rings (SSSR count). The van der Waals surface area contributed by atoms with Crippen LogP contribution in [0.4, 0.5) is 5.69 Å². The minimum absolute atomic E-state index is 0.109. The van der Waals surface area contributed by atoms with E-state index in [-0.39, 0.29) is 11.6 Å². The van der Waals surface area contributed by atoms with E-state index in [9.17, 15) is 4.79 Å². The highest BCUT2D eigenvalue weighted by Crippen LogP contribution is 2.40. The predicted octanol–water partition coefficient (Wildman–Crippen LogP) is 2.23. The molecule has 0 aromatic carbocycles. The van der Waals surface area contributed by atoms with Gasteiger partial charge in [0.1, 0.15) is 4.47 Å². The Hall–Kier alpha value is -1.63. The number of aromatic nitrogens is 4. The zero-order valence-corrected chi connectivity index (χ0v) is 14.9. The van der Waals surface area contributed by atoms with Gasteiger partial charge in [0.05, 0.1) is 23.6 Å². The number of hydrogen-bond acceptors (Lipinski definition) is 4. The van der Waals surface area contributed by atoms with Crippen molar-refractivity contribution >= 4 is 21.6 Å². The Bertz CT molecular complexity index is 779. The number of hydrogen-bond donors (Lipinski definition) is 0. The summed E-state index contributed by atoms with van der Waals surface area (Å²) in [5, 5.41) is 8.71. The molecule has 1 aliphatic heterocycles. The highest BCUT2D eigenvalue weighted by molar-refractivity contribution is 9.10. The quantitative estimate of drug-likeness (QED) is 0.818. The highest BCUT2D eigenvalue weighted by Gasteiger charge is 2.32. The van der Waals surface area contributed by atoms with Crippen molar-refractivity contribution in [3.05, 3.63) is 38.0 Å². The van der Waals surface area contributed by atoms with Crippen LogP contribution in [0.25, 0.3) is 0 Å². The van der Waals surface area contributed by atoms with Crippen molar-refractivity contribution in [3.8, 4) is 0 Å². The smallest absolute Gasteiger partial charge is 0.282 e. The minimum atomic E-state index is -0.109. The molecule has 7 heteroatoms. The number of anilines is 1. The summed E-state index contributed by atoms with van der Waals surface area (Å²) in [6.07, 6.45) is 3.93. The molecular weight excluding hydrogens is 346 g/mol. The third-order valence-electron chi connectivity index (χ3n) is 4.52. The number of aryl methyl sites for hydroxylation is 3. The van der Waals surface area contributed by atoms with Crippen LogP contribution in [0.15, 0.2) is 15.5 Å². The first kappa shape index (κ1) is 15.3. The molecule has 1 saturated heterocycles. The summed E-state index contributed by atoms with van der Waals surface area (Å²) in [6, 6.07) is 0.249. The Kier molecular flexibility index (Phi) is 3.84. The van der Waals surface area contributed by atoms with Gasteiger partial charge in [-0.2, -0.15) is 10.2 Å². The first-order valence-electron chi connectivity index (χ1n) is 7.40. The maximum atomic E-state index is 12.1. The monoisotopic (exact) mass is 365 g/mol. The SMILES string of the molecule is Cc1nn(C)c(C)c1C1CCCN1c1cnn(C)c(=O)c1Br. The maximum absolute atomic E-state index is 12.1. The molecular formula is C15H20BrN5O. The molecule has 0 aliphatic carbocycles. The van der Waals surface area contributed by atoms with Crippen LogP contribution < -0.4 is 10.5 Å². The number of nitrogens with zero attached hydrogens (tertiary/aromatic N) is 5. The first-order valence-corrected chi connectivity index (χ1v) is 8.19. The number of rotatable bonds is 2. The van der Waals surface area contributed by atoms with Crippen molar-refractivity contribution in [1.29, 1.82) is 0 Å². The van der Waals surface area contributed by atoms with Crippen LogP contribution in [0.3, 0.4) is 0 Å². The van der Waals surface area contributed by atoms with E-state index in [1.807, 2.05) is 11.7 Å². The van der Waals surface area contributed by atoms with E-state index in [2.05, 4.69) is 44.9 Å². The minimum Gasteiger partial charge on any atom is -0.362 e. The van der Waals surface area contributed by atoms with Crippen LogP contribution >= 0.6 is 15.9 Å². The Morgan fingerprint density at radius 1 is 1.27 bits per heavy atom. The Balaban J connectivity index is 2.08. The topological polar surface area (TPSA) is 56.0 Å². The lowest BCUT2D eigenvalue weighted by molar-refractivity contribution is 0.674. The molecule has 0 amide bonds. The van der Waals surface area contributed by atoms with Crippen LogP contribution in [0, 0.1) is 13.8 Å². The summed E-state index contributed by atoms with van der Waals surface area (Å²) >= 11 is 3.45. The standard InChI is InChI=1S/C15H20BrN5O/c1-9-13(10(2)19(3)18-9)11-6-5-7-21(11)12-8-17-20(4)15(22)14(12)16/h8,11H,5-7H2,1-4H3. The van der Waals surface area contributed by atoms with Crippen molar-refractivity contribution in [1.82, 2.24) is 19.6 Å². The average molecular weight is 366 g/mol. The molecule has 0 spiro atoms. The van der Waals surface area contributed by atoms with Gasteiger partial charge in [-0.25, -0.2) is 4.68 Å². The molecule has 2 aromatic rings. The van der Waals surface area contributed by atoms with E-state index in [1.165, 1.54) is 15.9 Å². The molecule has 0 N–H and O–H groups in total. The van der Waals surface area contributed by atoms with Gasteiger partial charge in [0.2, 0.25) is 0 Å². The summed E-state index contributed by atoms with van der Waals surface area (Å²) in [7, 11) is 3.63. The molecule has 22 heavy (non-hydrogen) atoms. The van der Waals surface area contributed by atoms with Crippen molar-refractivity contribution in [2.75, 3.05) is 11.4 Å². The zero-order valence-electron chi connectivity index (χ0n) is 13.3. The number of halogens is 1. The second kappa shape index (κ2) is 5.53. The molecule has 0 saturated carbocycles. The van der Waals surface area contributed by atoms with Gasteiger partial charge in [0, 0.05) is 31.9 Å². The summed E-state index contributed by atoms with van der Waals surface area (Å²) in [6.45, 7) is 5.07. The van der Waals surface area contributed by atoms with E-state index in [1.54, 1.807) is 13.2 Å². The van der Waals surface area contributed by atoms with E-state index < -0.39 is 0 Å². The van der Waals surface area contributed by atoms with Gasteiger partial charge in [0.25, 0.3) is 5.56 Å². The predicted molar refractivity (Wildman–Crippen MR) is 89.2 cm³/mol. The average Bonchev–Trinajstić information content (AvgIpc) is 3.02. The largest absolute Gasteiger partial charge is 0.362 e. The zero-order chi connectivity index (χ0) is 16.0. The molecule has 6 nitrogen and oxygen atoms in total. The first-order chi connectivity index (χ1) is 10.4. The van der Waals surface area contributed by atoms with Crippen molar-refractivity contribution in [2.45, 2.75) is 32.7 Å². The molecule has 118 valence electrons. The second-order valence-corrected chi connectivity index (χ2v) is 6.63. The molecule has 1 unspecified atom stereocenters. The highest BCUT2D eigenvalue weighted by atomic mass is 79.9. The van der Waals surface area contributed by atoms with Crippen molar-refractivity contribution < 1.29 is 0 Å². The van der Waals surface area contributed by atoms with E-state index in [0.29, 0.717) is 4.47 Å². The fourth-order valence-electron chi connectivity index (χ4n) is 3.33. The van der Waals surface area contributed by atoms with Crippen LogP contribution in [0.1, 0.15) is 35.8 Å².